The number of nitrogens with zero attached hydrogens (tertiary/aromatic N) is 3. The van der Waals surface area contributed by atoms with Crippen LogP contribution >= 0.6 is 0 Å². The predicted octanol–water partition coefficient (Wildman–Crippen LogP) is 1.72. The predicted molar refractivity (Wildman–Crippen MR) is 115 cm³/mol. The molecule has 0 bridgehead atoms. The molecule has 1 aromatic carbocycles. The van der Waals surface area contributed by atoms with Crippen LogP contribution in [-0.4, -0.2) is 91.1 Å². The molecular formula is C23H31F3N4O3. The van der Waals surface area contributed by atoms with E-state index < -0.39 is 11.7 Å². The van der Waals surface area contributed by atoms with Crippen LogP contribution < -0.4 is 5.32 Å². The monoisotopic (exact) mass is 468 g/mol. The summed E-state index contributed by atoms with van der Waals surface area (Å²) in [5.41, 5.74) is 0.0722. The zero-order valence-corrected chi connectivity index (χ0v) is 18.8. The van der Waals surface area contributed by atoms with Gasteiger partial charge in [0, 0.05) is 51.2 Å². The first kappa shape index (κ1) is 24.0. The van der Waals surface area contributed by atoms with Crippen molar-refractivity contribution in [1.29, 1.82) is 0 Å². The van der Waals surface area contributed by atoms with Crippen LogP contribution in [0.2, 0.25) is 0 Å². The molecule has 0 aromatic heterocycles. The highest BCUT2D eigenvalue weighted by Gasteiger charge is 2.45. The topological polar surface area (TPSA) is 65.1 Å². The van der Waals surface area contributed by atoms with Gasteiger partial charge in [0.15, 0.2) is 0 Å². The number of carbonyl (C=O) groups is 2. The van der Waals surface area contributed by atoms with Crippen molar-refractivity contribution >= 4 is 11.8 Å². The fourth-order valence-corrected chi connectivity index (χ4v) is 5.12. The van der Waals surface area contributed by atoms with Crippen LogP contribution in [0.1, 0.15) is 30.4 Å². The Bertz CT molecular complexity index is 842. The Hall–Kier alpha value is -2.17. The number of hydrogen-bond acceptors (Lipinski definition) is 5. The highest BCUT2D eigenvalue weighted by molar-refractivity contribution is 5.83. The fourth-order valence-electron chi connectivity index (χ4n) is 5.12. The van der Waals surface area contributed by atoms with Crippen LogP contribution in [0.3, 0.4) is 0 Å². The smallest absolute Gasteiger partial charge is 0.378 e. The Balaban J connectivity index is 1.37. The van der Waals surface area contributed by atoms with E-state index in [-0.39, 0.29) is 29.9 Å². The molecule has 10 heteroatoms. The second kappa shape index (κ2) is 9.99. The number of halogens is 3. The Morgan fingerprint density at radius 3 is 2.52 bits per heavy atom. The molecule has 182 valence electrons. The van der Waals surface area contributed by atoms with Crippen molar-refractivity contribution in [3.05, 3.63) is 35.4 Å². The van der Waals surface area contributed by atoms with Gasteiger partial charge in [-0.2, -0.15) is 13.2 Å². The van der Waals surface area contributed by atoms with E-state index in [1.807, 2.05) is 16.8 Å². The lowest BCUT2D eigenvalue weighted by Crippen LogP contribution is -2.49. The van der Waals surface area contributed by atoms with Gasteiger partial charge in [-0.3, -0.25) is 19.4 Å². The third-order valence-corrected chi connectivity index (χ3v) is 7.07. The number of fused-ring (bicyclic) bond motifs is 1. The van der Waals surface area contributed by atoms with E-state index in [2.05, 4.69) is 10.2 Å². The minimum atomic E-state index is -4.36. The Labute approximate surface area is 191 Å². The number of morpholine rings is 1. The maximum absolute atomic E-state index is 12.9. The van der Waals surface area contributed by atoms with Crippen molar-refractivity contribution < 1.29 is 27.5 Å². The van der Waals surface area contributed by atoms with Crippen LogP contribution in [0.15, 0.2) is 24.3 Å². The van der Waals surface area contributed by atoms with Crippen LogP contribution in [0.5, 0.6) is 0 Å². The van der Waals surface area contributed by atoms with Gasteiger partial charge in [-0.25, -0.2) is 0 Å². The van der Waals surface area contributed by atoms with Crippen LogP contribution in [0, 0.1) is 0 Å². The number of carbonyl (C=O) groups excluding carboxylic acids is 2. The molecule has 1 N–H and O–H groups in total. The molecule has 3 heterocycles. The van der Waals surface area contributed by atoms with Crippen molar-refractivity contribution in [2.24, 2.45) is 0 Å². The van der Waals surface area contributed by atoms with Gasteiger partial charge in [0.1, 0.15) is 6.04 Å². The van der Waals surface area contributed by atoms with Gasteiger partial charge in [-0.1, -0.05) is 12.1 Å². The van der Waals surface area contributed by atoms with E-state index in [0.29, 0.717) is 58.8 Å². The molecule has 3 saturated heterocycles. The van der Waals surface area contributed by atoms with Gasteiger partial charge in [0.05, 0.1) is 18.8 Å². The van der Waals surface area contributed by atoms with E-state index >= 15 is 0 Å². The van der Waals surface area contributed by atoms with Crippen LogP contribution in [0.4, 0.5) is 13.2 Å². The van der Waals surface area contributed by atoms with Crippen molar-refractivity contribution in [1.82, 2.24) is 20.0 Å². The summed E-state index contributed by atoms with van der Waals surface area (Å²) in [6.45, 7) is 3.98. The molecule has 0 radical (unpaired) electrons. The molecule has 33 heavy (non-hydrogen) atoms. The van der Waals surface area contributed by atoms with Crippen molar-refractivity contribution in [3.8, 4) is 0 Å². The second-order valence-corrected chi connectivity index (χ2v) is 9.06. The molecule has 0 unspecified atom stereocenters. The van der Waals surface area contributed by atoms with Gasteiger partial charge in [-0.05, 0) is 37.6 Å². The molecule has 2 amide bonds. The summed E-state index contributed by atoms with van der Waals surface area (Å²) in [4.78, 5) is 31.6. The van der Waals surface area contributed by atoms with E-state index in [4.69, 9.17) is 4.74 Å². The third kappa shape index (κ3) is 5.50. The van der Waals surface area contributed by atoms with Crippen molar-refractivity contribution in [2.45, 2.75) is 50.1 Å². The first-order chi connectivity index (χ1) is 15.7. The van der Waals surface area contributed by atoms with Crippen LogP contribution in [-0.2, 0) is 27.0 Å². The average molecular weight is 469 g/mol. The summed E-state index contributed by atoms with van der Waals surface area (Å²) in [6.07, 6.45) is -2.48. The number of rotatable bonds is 5. The van der Waals surface area contributed by atoms with Gasteiger partial charge in [-0.15, -0.1) is 0 Å². The Kier molecular flexibility index (Phi) is 7.25. The second-order valence-electron chi connectivity index (χ2n) is 9.06. The lowest BCUT2D eigenvalue weighted by Gasteiger charge is -2.33. The maximum Gasteiger partial charge on any atom is 0.416 e. The molecule has 0 saturated carbocycles. The lowest BCUT2D eigenvalue weighted by molar-refractivity contribution is -0.137. The number of hydrogen-bond donors (Lipinski definition) is 1. The summed E-state index contributed by atoms with van der Waals surface area (Å²) in [5.74, 6) is 0.0624. The maximum atomic E-state index is 12.9. The molecule has 3 atom stereocenters. The number of ether oxygens (including phenoxy) is 1. The average Bonchev–Trinajstić information content (AvgIpc) is 3.17. The quantitative estimate of drug-likeness (QED) is 0.713. The highest BCUT2D eigenvalue weighted by Crippen LogP contribution is 2.31. The molecule has 0 aliphatic carbocycles. The normalized spacial score (nSPS) is 27.2. The zero-order valence-electron chi connectivity index (χ0n) is 18.8. The standard InChI is InChI=1S/C23H31F3N4O3/c1-28-18(6-7-20(31)29-10-12-33-13-11-29)14-27-22(32)21-19(28)8-9-30(21)15-16-2-4-17(5-3-16)23(24,25)26/h2-5,18-19,21H,6-15H2,1H3,(H,27,32)/t18-,19+,21-/m0/s1. The summed E-state index contributed by atoms with van der Waals surface area (Å²) in [6, 6.07) is 4.83. The van der Waals surface area contributed by atoms with E-state index in [1.54, 1.807) is 0 Å². The molecule has 3 aliphatic rings. The first-order valence-electron chi connectivity index (χ1n) is 11.5. The van der Waals surface area contributed by atoms with Gasteiger partial charge in [0.25, 0.3) is 0 Å². The minimum absolute atomic E-state index is 0.00503. The molecule has 3 fully saturated rings. The lowest BCUT2D eigenvalue weighted by atomic mass is 10.0. The first-order valence-corrected chi connectivity index (χ1v) is 11.5. The molecule has 3 aliphatic heterocycles. The number of likely N-dealkylation sites (tertiary alicyclic amines) is 1. The number of likely N-dealkylation sites (N-methyl/N-ethyl adjacent to an activating group) is 1. The molecular weight excluding hydrogens is 437 g/mol. The fraction of sp³-hybridized carbons (Fsp3) is 0.652. The van der Waals surface area contributed by atoms with Gasteiger partial charge < -0.3 is 15.0 Å². The number of amides is 2. The Morgan fingerprint density at radius 2 is 1.85 bits per heavy atom. The van der Waals surface area contributed by atoms with Gasteiger partial charge in [0.2, 0.25) is 11.8 Å². The summed E-state index contributed by atoms with van der Waals surface area (Å²) in [7, 11) is 2.00. The van der Waals surface area contributed by atoms with Crippen molar-refractivity contribution in [3.63, 3.8) is 0 Å². The molecule has 7 nitrogen and oxygen atoms in total. The summed E-state index contributed by atoms with van der Waals surface area (Å²) >= 11 is 0. The van der Waals surface area contributed by atoms with E-state index in [1.165, 1.54) is 12.1 Å². The summed E-state index contributed by atoms with van der Waals surface area (Å²) < 4.78 is 43.8. The molecule has 1 aromatic rings. The van der Waals surface area contributed by atoms with E-state index in [9.17, 15) is 22.8 Å². The third-order valence-electron chi connectivity index (χ3n) is 7.07. The van der Waals surface area contributed by atoms with Gasteiger partial charge >= 0.3 is 6.18 Å². The SMILES string of the molecule is CN1[C@@H](CCC(=O)N2CCOCC2)CNC(=O)[C@@H]2[C@H]1CCN2Cc1ccc(C(F)(F)F)cc1. The Morgan fingerprint density at radius 1 is 1.15 bits per heavy atom. The minimum Gasteiger partial charge on any atom is -0.378 e. The number of alkyl halides is 3. The zero-order chi connectivity index (χ0) is 23.6. The number of nitrogens with one attached hydrogen (secondary N) is 1. The van der Waals surface area contributed by atoms with Crippen molar-refractivity contribution in [2.75, 3.05) is 46.4 Å². The van der Waals surface area contributed by atoms with Crippen LogP contribution in [0.25, 0.3) is 0 Å². The number of benzene rings is 1. The highest BCUT2D eigenvalue weighted by atomic mass is 19.4. The van der Waals surface area contributed by atoms with E-state index in [0.717, 1.165) is 24.1 Å². The molecule has 4 rings (SSSR count). The summed E-state index contributed by atoms with van der Waals surface area (Å²) in [5, 5.41) is 3.03. The largest absolute Gasteiger partial charge is 0.416 e. The molecule has 0 spiro atoms.